The molecule has 0 heterocycles. The van der Waals surface area contributed by atoms with Gasteiger partial charge in [0.1, 0.15) is 5.82 Å². The number of hydrogen-bond donors (Lipinski definition) is 1. The highest BCUT2D eigenvalue weighted by Gasteiger charge is 2.25. The van der Waals surface area contributed by atoms with Crippen molar-refractivity contribution in [1.82, 2.24) is 4.90 Å². The minimum atomic E-state index is -0.361. The highest BCUT2D eigenvalue weighted by Crippen LogP contribution is 2.23. The van der Waals surface area contributed by atoms with E-state index >= 15 is 0 Å². The molecule has 21 heavy (non-hydrogen) atoms. The van der Waals surface area contributed by atoms with Crippen LogP contribution in [0.4, 0.5) is 4.39 Å². The second kappa shape index (κ2) is 8.13. The maximum Gasteiger partial charge on any atom is 0.254 e. The second-order valence-corrected chi connectivity index (χ2v) is 5.80. The Balaban J connectivity index is 2.15. The van der Waals surface area contributed by atoms with Crippen molar-refractivity contribution < 1.29 is 9.18 Å². The molecule has 3 nitrogen and oxygen atoms in total. The van der Waals surface area contributed by atoms with Gasteiger partial charge < -0.3 is 10.6 Å². The molecule has 1 aromatic rings. The molecular weight excluding hydrogens is 267 g/mol. The summed E-state index contributed by atoms with van der Waals surface area (Å²) in [6, 6.07) is 6.25. The van der Waals surface area contributed by atoms with Gasteiger partial charge in [-0.3, -0.25) is 4.79 Å². The first-order chi connectivity index (χ1) is 10.2. The van der Waals surface area contributed by atoms with Gasteiger partial charge in [0.25, 0.3) is 5.91 Å². The van der Waals surface area contributed by atoms with Crippen LogP contribution in [0.25, 0.3) is 0 Å². The zero-order valence-electron chi connectivity index (χ0n) is 12.6. The molecule has 1 aromatic carbocycles. The fourth-order valence-electron chi connectivity index (χ4n) is 3.07. The maximum atomic E-state index is 13.4. The first kappa shape index (κ1) is 16.0. The van der Waals surface area contributed by atoms with E-state index in [9.17, 15) is 9.18 Å². The van der Waals surface area contributed by atoms with Crippen molar-refractivity contribution in [3.8, 4) is 0 Å². The monoisotopic (exact) mass is 292 g/mol. The van der Waals surface area contributed by atoms with Gasteiger partial charge in [0.15, 0.2) is 0 Å². The predicted molar refractivity (Wildman–Crippen MR) is 82.6 cm³/mol. The van der Waals surface area contributed by atoms with Gasteiger partial charge in [-0.25, -0.2) is 4.39 Å². The Morgan fingerprint density at radius 2 is 1.95 bits per heavy atom. The topological polar surface area (TPSA) is 46.3 Å². The van der Waals surface area contributed by atoms with Crippen molar-refractivity contribution in [2.45, 2.75) is 51.0 Å². The summed E-state index contributed by atoms with van der Waals surface area (Å²) in [5.41, 5.74) is 6.04. The standard InChI is InChI=1S/C17H25FN2O/c18-15-8-5-7-14(13-15)17(21)20(12-6-11-19)16-9-3-1-2-4-10-16/h5,7-8,13,16H,1-4,6,9-12,19H2. The molecule has 1 amide bonds. The Kier molecular flexibility index (Phi) is 6.18. The highest BCUT2D eigenvalue weighted by molar-refractivity contribution is 5.94. The molecular formula is C17H25FN2O. The average molecular weight is 292 g/mol. The van der Waals surface area contributed by atoms with Crippen LogP contribution in [-0.2, 0) is 0 Å². The molecule has 0 unspecified atom stereocenters. The number of carbonyl (C=O) groups excluding carboxylic acids is 1. The lowest BCUT2D eigenvalue weighted by molar-refractivity contribution is 0.0658. The average Bonchev–Trinajstić information content (AvgIpc) is 2.77. The van der Waals surface area contributed by atoms with Crippen molar-refractivity contribution in [1.29, 1.82) is 0 Å². The second-order valence-electron chi connectivity index (χ2n) is 5.80. The van der Waals surface area contributed by atoms with Gasteiger partial charge in [-0.15, -0.1) is 0 Å². The molecule has 1 fully saturated rings. The third-order valence-corrected chi connectivity index (χ3v) is 4.20. The molecule has 1 aliphatic rings. The molecule has 0 bridgehead atoms. The molecule has 0 spiro atoms. The summed E-state index contributed by atoms with van der Waals surface area (Å²) < 4.78 is 13.4. The van der Waals surface area contributed by atoms with Gasteiger partial charge in [-0.1, -0.05) is 31.7 Å². The van der Waals surface area contributed by atoms with Crippen molar-refractivity contribution in [2.75, 3.05) is 13.1 Å². The summed E-state index contributed by atoms with van der Waals surface area (Å²) in [5, 5.41) is 0. The van der Waals surface area contributed by atoms with E-state index in [1.165, 1.54) is 37.8 Å². The third kappa shape index (κ3) is 4.53. The molecule has 0 saturated heterocycles. The number of amides is 1. The molecule has 1 aliphatic carbocycles. The van der Waals surface area contributed by atoms with Crippen molar-refractivity contribution in [3.63, 3.8) is 0 Å². The van der Waals surface area contributed by atoms with Crippen LogP contribution >= 0.6 is 0 Å². The van der Waals surface area contributed by atoms with Gasteiger partial charge in [0.2, 0.25) is 0 Å². The minimum Gasteiger partial charge on any atom is -0.336 e. The zero-order valence-corrected chi connectivity index (χ0v) is 12.6. The highest BCUT2D eigenvalue weighted by atomic mass is 19.1. The van der Waals surface area contributed by atoms with Crippen molar-refractivity contribution >= 4 is 5.91 Å². The van der Waals surface area contributed by atoms with Crippen LogP contribution in [0.2, 0.25) is 0 Å². The lowest BCUT2D eigenvalue weighted by Crippen LogP contribution is -2.41. The molecule has 0 radical (unpaired) electrons. The van der Waals surface area contributed by atoms with Crippen molar-refractivity contribution in [3.05, 3.63) is 35.6 Å². The Morgan fingerprint density at radius 1 is 1.24 bits per heavy atom. The Labute approximate surface area is 126 Å². The van der Waals surface area contributed by atoms with Crippen LogP contribution in [-0.4, -0.2) is 29.9 Å². The lowest BCUT2D eigenvalue weighted by atomic mass is 10.0. The Bertz CT molecular complexity index is 456. The third-order valence-electron chi connectivity index (χ3n) is 4.20. The van der Waals surface area contributed by atoms with E-state index in [2.05, 4.69) is 0 Å². The van der Waals surface area contributed by atoms with Crippen LogP contribution in [0.5, 0.6) is 0 Å². The van der Waals surface area contributed by atoms with Gasteiger partial charge in [0, 0.05) is 18.2 Å². The molecule has 1 saturated carbocycles. The fraction of sp³-hybridized carbons (Fsp3) is 0.588. The smallest absolute Gasteiger partial charge is 0.254 e. The van der Waals surface area contributed by atoms with E-state index in [0.29, 0.717) is 18.7 Å². The normalized spacial score (nSPS) is 16.5. The van der Waals surface area contributed by atoms with E-state index < -0.39 is 0 Å². The van der Waals surface area contributed by atoms with Crippen LogP contribution in [0.1, 0.15) is 55.3 Å². The number of nitrogens with zero attached hydrogens (tertiary/aromatic N) is 1. The van der Waals surface area contributed by atoms with Crippen molar-refractivity contribution in [2.24, 2.45) is 5.73 Å². The van der Waals surface area contributed by atoms with Gasteiger partial charge in [-0.05, 0) is 44.0 Å². The number of rotatable bonds is 5. The van der Waals surface area contributed by atoms with Gasteiger partial charge in [-0.2, -0.15) is 0 Å². The summed E-state index contributed by atoms with van der Waals surface area (Å²) in [6.45, 7) is 1.23. The van der Waals surface area contributed by atoms with Crippen LogP contribution in [0.15, 0.2) is 24.3 Å². The summed E-state index contributed by atoms with van der Waals surface area (Å²) in [4.78, 5) is 14.7. The SMILES string of the molecule is NCCCN(C(=O)c1cccc(F)c1)C1CCCCCC1. The number of halogens is 1. The maximum absolute atomic E-state index is 13.4. The van der Waals surface area contributed by atoms with E-state index in [0.717, 1.165) is 19.3 Å². The van der Waals surface area contributed by atoms with Crippen LogP contribution in [0.3, 0.4) is 0 Å². The Morgan fingerprint density at radius 3 is 2.57 bits per heavy atom. The molecule has 0 aromatic heterocycles. The number of carbonyl (C=O) groups is 1. The summed E-state index contributed by atoms with van der Waals surface area (Å²) in [7, 11) is 0. The summed E-state index contributed by atoms with van der Waals surface area (Å²) >= 11 is 0. The van der Waals surface area contributed by atoms with Gasteiger partial charge >= 0.3 is 0 Å². The van der Waals surface area contributed by atoms with E-state index in [1.54, 1.807) is 12.1 Å². The largest absolute Gasteiger partial charge is 0.336 e. The predicted octanol–water partition coefficient (Wildman–Crippen LogP) is 3.34. The first-order valence-electron chi connectivity index (χ1n) is 7.99. The number of hydrogen-bond acceptors (Lipinski definition) is 2. The van der Waals surface area contributed by atoms with E-state index in [1.807, 2.05) is 4.90 Å². The fourth-order valence-corrected chi connectivity index (χ4v) is 3.07. The molecule has 116 valence electrons. The molecule has 0 atom stereocenters. The molecule has 0 aliphatic heterocycles. The van der Waals surface area contributed by atoms with Gasteiger partial charge in [0.05, 0.1) is 0 Å². The zero-order chi connectivity index (χ0) is 15.1. The quantitative estimate of drug-likeness (QED) is 0.846. The Hall–Kier alpha value is -1.42. The number of benzene rings is 1. The summed E-state index contributed by atoms with van der Waals surface area (Å²) in [5.74, 6) is -0.421. The van der Waals surface area contributed by atoms with Crippen LogP contribution < -0.4 is 5.73 Å². The minimum absolute atomic E-state index is 0.0603. The molecule has 4 heteroatoms. The number of nitrogens with two attached hydrogens (primary N) is 1. The summed E-state index contributed by atoms with van der Waals surface area (Å²) in [6.07, 6.45) is 7.71. The lowest BCUT2D eigenvalue weighted by Gasteiger charge is -2.31. The van der Waals surface area contributed by atoms with Crippen LogP contribution in [0, 0.1) is 5.82 Å². The first-order valence-corrected chi connectivity index (χ1v) is 7.99. The van der Waals surface area contributed by atoms with E-state index in [4.69, 9.17) is 5.73 Å². The molecule has 2 N–H and O–H groups in total. The molecule has 2 rings (SSSR count). The van der Waals surface area contributed by atoms with E-state index in [-0.39, 0.29) is 17.8 Å².